The molecule has 0 amide bonds. The Bertz CT molecular complexity index is 355. The molecule has 0 spiro atoms. The van der Waals surface area contributed by atoms with Crippen molar-refractivity contribution >= 4 is 0 Å². The Morgan fingerprint density at radius 2 is 2.05 bits per heavy atom. The van der Waals surface area contributed by atoms with E-state index in [0.29, 0.717) is 6.04 Å². The second-order valence-corrected chi connectivity index (χ2v) is 6.44. The average Bonchev–Trinajstić information content (AvgIpc) is 2.73. The van der Waals surface area contributed by atoms with Crippen LogP contribution in [-0.4, -0.2) is 22.1 Å². The SMILES string of the molecule is CCCNC(C)CC(C)(C)Cc1nccn1CCC. The van der Waals surface area contributed by atoms with E-state index in [1.165, 1.54) is 18.7 Å². The molecule has 3 heteroatoms. The lowest BCUT2D eigenvalue weighted by molar-refractivity contribution is 0.278. The summed E-state index contributed by atoms with van der Waals surface area (Å²) in [4.78, 5) is 4.53. The van der Waals surface area contributed by atoms with Crippen LogP contribution >= 0.6 is 0 Å². The fourth-order valence-corrected chi connectivity index (χ4v) is 2.74. The van der Waals surface area contributed by atoms with E-state index in [2.05, 4.69) is 55.7 Å². The van der Waals surface area contributed by atoms with Crippen molar-refractivity contribution in [3.63, 3.8) is 0 Å². The molecule has 1 atom stereocenters. The van der Waals surface area contributed by atoms with Gasteiger partial charge in [-0.2, -0.15) is 0 Å². The molecule has 3 nitrogen and oxygen atoms in total. The van der Waals surface area contributed by atoms with Crippen LogP contribution in [0.5, 0.6) is 0 Å². The summed E-state index contributed by atoms with van der Waals surface area (Å²) >= 11 is 0. The molecular formula is C16H31N3. The van der Waals surface area contributed by atoms with Crippen molar-refractivity contribution in [2.24, 2.45) is 5.41 Å². The first kappa shape index (κ1) is 16.2. The molecule has 0 aromatic carbocycles. The maximum atomic E-state index is 4.53. The Morgan fingerprint density at radius 3 is 2.68 bits per heavy atom. The molecule has 1 heterocycles. The number of hydrogen-bond acceptors (Lipinski definition) is 2. The fraction of sp³-hybridized carbons (Fsp3) is 0.812. The van der Waals surface area contributed by atoms with Crippen LogP contribution in [0.4, 0.5) is 0 Å². The van der Waals surface area contributed by atoms with E-state index in [4.69, 9.17) is 0 Å². The monoisotopic (exact) mass is 265 g/mol. The summed E-state index contributed by atoms with van der Waals surface area (Å²) in [6.07, 6.45) is 8.64. The number of nitrogens with zero attached hydrogens (tertiary/aromatic N) is 2. The van der Waals surface area contributed by atoms with Gasteiger partial charge in [0.25, 0.3) is 0 Å². The Balaban J connectivity index is 2.55. The van der Waals surface area contributed by atoms with Crippen molar-refractivity contribution in [1.29, 1.82) is 0 Å². The molecule has 0 fully saturated rings. The highest BCUT2D eigenvalue weighted by atomic mass is 15.1. The molecule has 0 radical (unpaired) electrons. The third-order valence-corrected chi connectivity index (χ3v) is 3.50. The van der Waals surface area contributed by atoms with Crippen LogP contribution in [0.2, 0.25) is 0 Å². The van der Waals surface area contributed by atoms with Gasteiger partial charge in [0.15, 0.2) is 0 Å². The fourth-order valence-electron chi connectivity index (χ4n) is 2.74. The average molecular weight is 265 g/mol. The van der Waals surface area contributed by atoms with Gasteiger partial charge in [-0.05, 0) is 38.1 Å². The van der Waals surface area contributed by atoms with Crippen molar-refractivity contribution in [2.45, 2.75) is 72.9 Å². The van der Waals surface area contributed by atoms with Crippen LogP contribution in [-0.2, 0) is 13.0 Å². The molecule has 1 aromatic heterocycles. The van der Waals surface area contributed by atoms with Gasteiger partial charge in [-0.25, -0.2) is 4.98 Å². The highest BCUT2D eigenvalue weighted by molar-refractivity contribution is 4.97. The van der Waals surface area contributed by atoms with Gasteiger partial charge < -0.3 is 9.88 Å². The summed E-state index contributed by atoms with van der Waals surface area (Å²) in [5, 5.41) is 3.58. The zero-order valence-electron chi connectivity index (χ0n) is 13.4. The highest BCUT2D eigenvalue weighted by Gasteiger charge is 2.23. The Kier molecular flexibility index (Phi) is 6.56. The van der Waals surface area contributed by atoms with Gasteiger partial charge in [0, 0.05) is 31.4 Å². The summed E-state index contributed by atoms with van der Waals surface area (Å²) in [6, 6.07) is 0.574. The summed E-state index contributed by atoms with van der Waals surface area (Å²) in [7, 11) is 0. The highest BCUT2D eigenvalue weighted by Crippen LogP contribution is 2.27. The second kappa shape index (κ2) is 7.68. The quantitative estimate of drug-likeness (QED) is 0.739. The Morgan fingerprint density at radius 1 is 1.32 bits per heavy atom. The summed E-state index contributed by atoms with van der Waals surface area (Å²) in [5.74, 6) is 1.23. The molecular weight excluding hydrogens is 234 g/mol. The standard InChI is InChI=1S/C16H31N3/c1-6-8-17-14(3)12-16(4,5)13-15-18-9-11-19(15)10-7-2/h9,11,14,17H,6-8,10,12-13H2,1-5H3. The van der Waals surface area contributed by atoms with Crippen LogP contribution in [0, 0.1) is 5.41 Å². The molecule has 0 aliphatic rings. The molecule has 0 aliphatic heterocycles. The van der Waals surface area contributed by atoms with Crippen molar-refractivity contribution in [2.75, 3.05) is 6.54 Å². The number of nitrogens with one attached hydrogen (secondary N) is 1. The van der Waals surface area contributed by atoms with Crippen LogP contribution in [0.15, 0.2) is 12.4 Å². The van der Waals surface area contributed by atoms with Gasteiger partial charge in [-0.3, -0.25) is 0 Å². The van der Waals surface area contributed by atoms with E-state index >= 15 is 0 Å². The topological polar surface area (TPSA) is 29.9 Å². The van der Waals surface area contributed by atoms with E-state index in [0.717, 1.165) is 25.9 Å². The minimum Gasteiger partial charge on any atom is -0.335 e. The minimum atomic E-state index is 0.289. The molecule has 1 unspecified atom stereocenters. The summed E-state index contributed by atoms with van der Waals surface area (Å²) in [6.45, 7) is 13.6. The molecule has 0 bridgehead atoms. The summed E-state index contributed by atoms with van der Waals surface area (Å²) < 4.78 is 2.30. The van der Waals surface area contributed by atoms with Crippen molar-refractivity contribution in [1.82, 2.24) is 14.9 Å². The molecule has 110 valence electrons. The lowest BCUT2D eigenvalue weighted by Crippen LogP contribution is -2.33. The predicted molar refractivity (Wildman–Crippen MR) is 82.4 cm³/mol. The van der Waals surface area contributed by atoms with Crippen LogP contribution < -0.4 is 5.32 Å². The third-order valence-electron chi connectivity index (χ3n) is 3.50. The van der Waals surface area contributed by atoms with Crippen LogP contribution in [0.25, 0.3) is 0 Å². The third kappa shape index (κ3) is 5.77. The van der Waals surface area contributed by atoms with Gasteiger partial charge in [0.05, 0.1) is 0 Å². The van der Waals surface area contributed by atoms with E-state index in [-0.39, 0.29) is 5.41 Å². The molecule has 1 N–H and O–H groups in total. The first-order valence-electron chi connectivity index (χ1n) is 7.72. The maximum Gasteiger partial charge on any atom is 0.109 e. The van der Waals surface area contributed by atoms with E-state index in [9.17, 15) is 0 Å². The van der Waals surface area contributed by atoms with Gasteiger partial charge in [0.2, 0.25) is 0 Å². The molecule has 1 aromatic rings. The number of aryl methyl sites for hydroxylation is 1. The van der Waals surface area contributed by atoms with Gasteiger partial charge in [-0.1, -0.05) is 27.7 Å². The minimum absolute atomic E-state index is 0.289. The first-order chi connectivity index (χ1) is 8.98. The van der Waals surface area contributed by atoms with Crippen molar-refractivity contribution in [3.8, 4) is 0 Å². The van der Waals surface area contributed by atoms with Gasteiger partial charge >= 0.3 is 0 Å². The zero-order chi connectivity index (χ0) is 14.3. The smallest absolute Gasteiger partial charge is 0.109 e. The Labute approximate surface area is 118 Å². The van der Waals surface area contributed by atoms with Gasteiger partial charge in [-0.15, -0.1) is 0 Å². The van der Waals surface area contributed by atoms with Crippen molar-refractivity contribution in [3.05, 3.63) is 18.2 Å². The lowest BCUT2D eigenvalue weighted by Gasteiger charge is -2.28. The normalized spacial score (nSPS) is 13.7. The number of rotatable bonds is 9. The Hall–Kier alpha value is -0.830. The number of aromatic nitrogens is 2. The first-order valence-corrected chi connectivity index (χ1v) is 7.72. The molecule has 0 aliphatic carbocycles. The molecule has 0 saturated heterocycles. The number of hydrogen-bond donors (Lipinski definition) is 1. The predicted octanol–water partition coefficient (Wildman–Crippen LogP) is 3.64. The number of imidazole rings is 1. The zero-order valence-corrected chi connectivity index (χ0v) is 13.4. The van der Waals surface area contributed by atoms with Crippen molar-refractivity contribution < 1.29 is 0 Å². The largest absolute Gasteiger partial charge is 0.335 e. The molecule has 1 rings (SSSR count). The molecule has 0 saturated carbocycles. The maximum absolute atomic E-state index is 4.53. The lowest BCUT2D eigenvalue weighted by atomic mass is 9.82. The van der Waals surface area contributed by atoms with E-state index in [1.54, 1.807) is 0 Å². The molecule has 19 heavy (non-hydrogen) atoms. The second-order valence-electron chi connectivity index (χ2n) is 6.44. The van der Waals surface area contributed by atoms with Crippen LogP contribution in [0.1, 0.15) is 59.7 Å². The van der Waals surface area contributed by atoms with E-state index in [1.807, 2.05) is 6.20 Å². The van der Waals surface area contributed by atoms with E-state index < -0.39 is 0 Å². The van der Waals surface area contributed by atoms with Crippen LogP contribution in [0.3, 0.4) is 0 Å². The van der Waals surface area contributed by atoms with Gasteiger partial charge in [0.1, 0.15) is 5.82 Å². The summed E-state index contributed by atoms with van der Waals surface area (Å²) in [5.41, 5.74) is 0.289.